The lowest BCUT2D eigenvalue weighted by Crippen LogP contribution is -2.47. The Morgan fingerprint density at radius 3 is 2.68 bits per heavy atom. The highest BCUT2D eigenvalue weighted by atomic mass is 16.5. The summed E-state index contributed by atoms with van der Waals surface area (Å²) in [5.74, 6) is 1.41. The average Bonchev–Trinajstić information content (AvgIpc) is 2.78. The zero-order valence-corrected chi connectivity index (χ0v) is 13.4. The monoisotopic (exact) mass is 302 g/mol. The van der Waals surface area contributed by atoms with Crippen LogP contribution in [0.25, 0.3) is 0 Å². The Kier molecular flexibility index (Phi) is 4.86. The molecule has 1 heterocycles. The Labute approximate surface area is 132 Å². The van der Waals surface area contributed by atoms with Crippen molar-refractivity contribution < 1.29 is 9.53 Å². The number of nitrogens with zero attached hydrogens (tertiary/aromatic N) is 1. The van der Waals surface area contributed by atoms with Crippen LogP contribution in [0.3, 0.4) is 0 Å². The van der Waals surface area contributed by atoms with Gasteiger partial charge in [-0.05, 0) is 43.7 Å². The van der Waals surface area contributed by atoms with Crippen LogP contribution in [0.15, 0.2) is 24.3 Å². The molecule has 0 radical (unpaired) electrons. The number of nitrogens with one attached hydrogen (secondary N) is 1. The molecule has 4 nitrogen and oxygen atoms in total. The van der Waals surface area contributed by atoms with Gasteiger partial charge < -0.3 is 15.0 Å². The van der Waals surface area contributed by atoms with Gasteiger partial charge in [-0.1, -0.05) is 31.4 Å². The fourth-order valence-electron chi connectivity index (χ4n) is 3.98. The molecule has 0 bridgehead atoms. The molecule has 1 aromatic rings. The molecule has 1 saturated carbocycles. The first kappa shape index (κ1) is 15.2. The van der Waals surface area contributed by atoms with E-state index < -0.39 is 0 Å². The topological polar surface area (TPSA) is 41.6 Å². The fraction of sp³-hybridized carbons (Fsp3) is 0.611. The summed E-state index contributed by atoms with van der Waals surface area (Å²) in [5.41, 5.74) is 0.756. The second-order valence-corrected chi connectivity index (χ2v) is 6.43. The molecule has 0 unspecified atom stereocenters. The van der Waals surface area contributed by atoms with E-state index in [1.54, 1.807) is 7.11 Å². The maximum absolute atomic E-state index is 12.8. The average molecular weight is 302 g/mol. The Bertz CT molecular complexity index is 518. The minimum absolute atomic E-state index is 0.0308. The van der Waals surface area contributed by atoms with E-state index in [-0.39, 0.29) is 6.03 Å². The van der Waals surface area contributed by atoms with Gasteiger partial charge in [-0.3, -0.25) is 0 Å². The second kappa shape index (κ2) is 7.03. The predicted octanol–water partition coefficient (Wildman–Crippen LogP) is 4.27. The zero-order valence-electron chi connectivity index (χ0n) is 13.4. The number of carbonyl (C=O) groups is 1. The van der Waals surface area contributed by atoms with Gasteiger partial charge >= 0.3 is 6.03 Å². The molecule has 2 amide bonds. The van der Waals surface area contributed by atoms with E-state index in [4.69, 9.17) is 4.74 Å². The lowest BCUT2D eigenvalue weighted by Gasteiger charge is -2.38. The van der Waals surface area contributed by atoms with Crippen molar-refractivity contribution >= 4 is 11.7 Å². The molecular weight excluding hydrogens is 276 g/mol. The van der Waals surface area contributed by atoms with Crippen molar-refractivity contribution in [1.29, 1.82) is 0 Å². The van der Waals surface area contributed by atoms with Crippen molar-refractivity contribution in [2.45, 2.75) is 51.0 Å². The Balaban J connectivity index is 1.74. The lowest BCUT2D eigenvalue weighted by molar-refractivity contribution is 0.138. The van der Waals surface area contributed by atoms with E-state index in [2.05, 4.69) is 10.2 Å². The largest absolute Gasteiger partial charge is 0.495 e. The van der Waals surface area contributed by atoms with Crippen molar-refractivity contribution in [2.75, 3.05) is 19.0 Å². The van der Waals surface area contributed by atoms with Gasteiger partial charge in [0.15, 0.2) is 0 Å². The standard InChI is InChI=1S/C18H26N2O2/c1-22-17-12-5-3-10-15(17)19-18(21)20-13-7-6-9-14-8-2-4-11-16(14)20/h3,5,10,12,14,16H,2,4,6-9,11,13H2,1H3,(H,19,21)/t14-,16-/m1/s1. The van der Waals surface area contributed by atoms with Crippen LogP contribution in [-0.4, -0.2) is 30.6 Å². The second-order valence-electron chi connectivity index (χ2n) is 6.43. The van der Waals surface area contributed by atoms with Gasteiger partial charge in [0, 0.05) is 12.6 Å². The number of rotatable bonds is 2. The maximum Gasteiger partial charge on any atom is 0.322 e. The molecule has 2 aliphatic rings. The third kappa shape index (κ3) is 3.21. The van der Waals surface area contributed by atoms with Gasteiger partial charge in [0.1, 0.15) is 5.75 Å². The summed E-state index contributed by atoms with van der Waals surface area (Å²) in [4.78, 5) is 14.9. The summed E-state index contributed by atoms with van der Waals surface area (Å²) < 4.78 is 5.33. The summed E-state index contributed by atoms with van der Waals surface area (Å²) in [6.07, 6.45) is 8.66. The molecule has 2 fully saturated rings. The number of urea groups is 1. The molecule has 2 atom stereocenters. The van der Waals surface area contributed by atoms with E-state index in [0.717, 1.165) is 25.1 Å². The Hall–Kier alpha value is -1.71. The molecule has 1 aliphatic carbocycles. The summed E-state index contributed by atoms with van der Waals surface area (Å²) in [6.45, 7) is 0.877. The minimum Gasteiger partial charge on any atom is -0.495 e. The van der Waals surface area contributed by atoms with Crippen LogP contribution >= 0.6 is 0 Å². The molecule has 1 aliphatic heterocycles. The van der Waals surface area contributed by atoms with E-state index in [1.165, 1.54) is 32.1 Å². The summed E-state index contributed by atoms with van der Waals surface area (Å²) in [7, 11) is 1.63. The number of fused-ring (bicyclic) bond motifs is 1. The van der Waals surface area contributed by atoms with Crippen molar-refractivity contribution in [3.63, 3.8) is 0 Å². The molecular formula is C18H26N2O2. The molecule has 1 saturated heterocycles. The SMILES string of the molecule is COc1ccccc1NC(=O)N1CCCC[C@H]2CCCC[C@H]21. The summed E-state index contributed by atoms with van der Waals surface area (Å²) in [6, 6.07) is 8.06. The number of ether oxygens (including phenoxy) is 1. The molecule has 1 N–H and O–H groups in total. The highest BCUT2D eigenvalue weighted by Crippen LogP contribution is 2.35. The summed E-state index contributed by atoms with van der Waals surface area (Å²) >= 11 is 0. The van der Waals surface area contributed by atoms with E-state index in [9.17, 15) is 4.79 Å². The third-order valence-electron chi connectivity index (χ3n) is 5.10. The Morgan fingerprint density at radius 1 is 1.14 bits per heavy atom. The minimum atomic E-state index is 0.0308. The number of anilines is 1. The van der Waals surface area contributed by atoms with Crippen molar-refractivity contribution in [3.8, 4) is 5.75 Å². The van der Waals surface area contributed by atoms with E-state index in [1.807, 2.05) is 24.3 Å². The molecule has 0 aromatic heterocycles. The lowest BCUT2D eigenvalue weighted by atomic mass is 9.82. The highest BCUT2D eigenvalue weighted by molar-refractivity contribution is 5.91. The number of para-hydroxylation sites is 2. The quantitative estimate of drug-likeness (QED) is 0.886. The van der Waals surface area contributed by atoms with Crippen molar-refractivity contribution in [2.24, 2.45) is 5.92 Å². The molecule has 1 aromatic carbocycles. The number of carbonyl (C=O) groups excluding carboxylic acids is 1. The van der Waals surface area contributed by atoms with Gasteiger partial charge in [0.05, 0.1) is 12.8 Å². The molecule has 4 heteroatoms. The van der Waals surface area contributed by atoms with E-state index >= 15 is 0 Å². The van der Waals surface area contributed by atoms with E-state index in [0.29, 0.717) is 17.7 Å². The molecule has 120 valence electrons. The first-order valence-electron chi connectivity index (χ1n) is 8.50. The summed E-state index contributed by atoms with van der Waals surface area (Å²) in [5, 5.41) is 3.05. The van der Waals surface area contributed by atoms with Crippen LogP contribution in [0.5, 0.6) is 5.75 Å². The van der Waals surface area contributed by atoms with Gasteiger partial charge in [-0.25, -0.2) is 4.79 Å². The van der Waals surface area contributed by atoms with Crippen LogP contribution in [0.4, 0.5) is 10.5 Å². The number of hydrogen-bond acceptors (Lipinski definition) is 2. The molecule has 3 rings (SSSR count). The van der Waals surface area contributed by atoms with Crippen LogP contribution < -0.4 is 10.1 Å². The third-order valence-corrected chi connectivity index (χ3v) is 5.10. The van der Waals surface area contributed by atoms with Crippen LogP contribution in [0, 0.1) is 5.92 Å². The normalized spacial score (nSPS) is 25.0. The predicted molar refractivity (Wildman–Crippen MR) is 88.3 cm³/mol. The number of hydrogen-bond donors (Lipinski definition) is 1. The van der Waals surface area contributed by atoms with Gasteiger partial charge in [0.25, 0.3) is 0 Å². The van der Waals surface area contributed by atoms with Gasteiger partial charge in [0.2, 0.25) is 0 Å². The number of methoxy groups -OCH3 is 1. The van der Waals surface area contributed by atoms with Gasteiger partial charge in [-0.15, -0.1) is 0 Å². The number of likely N-dealkylation sites (tertiary alicyclic amines) is 1. The highest BCUT2D eigenvalue weighted by Gasteiger charge is 2.34. The molecule has 22 heavy (non-hydrogen) atoms. The van der Waals surface area contributed by atoms with Crippen LogP contribution in [0.2, 0.25) is 0 Å². The number of benzene rings is 1. The van der Waals surface area contributed by atoms with Crippen molar-refractivity contribution in [1.82, 2.24) is 4.90 Å². The smallest absolute Gasteiger partial charge is 0.322 e. The van der Waals surface area contributed by atoms with Crippen molar-refractivity contribution in [3.05, 3.63) is 24.3 Å². The molecule has 0 spiro atoms. The van der Waals surface area contributed by atoms with Gasteiger partial charge in [-0.2, -0.15) is 0 Å². The first-order chi connectivity index (χ1) is 10.8. The Morgan fingerprint density at radius 2 is 1.86 bits per heavy atom. The zero-order chi connectivity index (χ0) is 15.4. The fourth-order valence-corrected chi connectivity index (χ4v) is 3.98. The maximum atomic E-state index is 12.8. The van der Waals surface area contributed by atoms with Crippen LogP contribution in [-0.2, 0) is 0 Å². The van der Waals surface area contributed by atoms with Crippen LogP contribution in [0.1, 0.15) is 44.9 Å². The number of amides is 2. The first-order valence-corrected chi connectivity index (χ1v) is 8.50.